The van der Waals surface area contributed by atoms with Crippen LogP contribution >= 0.6 is 0 Å². The van der Waals surface area contributed by atoms with Crippen molar-refractivity contribution < 1.29 is 14.7 Å². The van der Waals surface area contributed by atoms with Gasteiger partial charge >= 0.3 is 5.97 Å². The average Bonchev–Trinajstić information content (AvgIpc) is 2.38. The summed E-state index contributed by atoms with van der Waals surface area (Å²) in [5.74, 6) is -1.08. The molecule has 1 aromatic carbocycles. The Hall–Kier alpha value is -1.88. The van der Waals surface area contributed by atoms with Gasteiger partial charge in [0.2, 0.25) is 5.91 Å². The van der Waals surface area contributed by atoms with Crippen molar-refractivity contribution in [2.75, 3.05) is 13.1 Å². The molecule has 1 rings (SSSR count). The second-order valence-electron chi connectivity index (χ2n) is 5.06. The molecule has 0 aliphatic carbocycles. The summed E-state index contributed by atoms with van der Waals surface area (Å²) in [5, 5.41) is 11.8. The summed E-state index contributed by atoms with van der Waals surface area (Å²) in [4.78, 5) is 22.8. The minimum Gasteiger partial charge on any atom is -0.478 e. The van der Waals surface area contributed by atoms with E-state index in [1.807, 2.05) is 0 Å². The lowest BCUT2D eigenvalue weighted by Crippen LogP contribution is -2.42. The number of rotatable bonds is 6. The number of hydrogen-bond donors (Lipinski definition) is 3. The van der Waals surface area contributed by atoms with Gasteiger partial charge in [-0.15, -0.1) is 0 Å². The van der Waals surface area contributed by atoms with Crippen molar-refractivity contribution in [2.24, 2.45) is 11.1 Å². The molecule has 19 heavy (non-hydrogen) atoms. The SMILES string of the molecule is CC(C)(CN)C(=O)NCCc1ccccc1C(=O)O. The third-order valence-corrected chi connectivity index (χ3v) is 3.05. The lowest BCUT2D eigenvalue weighted by molar-refractivity contribution is -0.128. The van der Waals surface area contributed by atoms with E-state index >= 15 is 0 Å². The largest absolute Gasteiger partial charge is 0.478 e. The van der Waals surface area contributed by atoms with E-state index in [0.29, 0.717) is 18.5 Å². The minimum atomic E-state index is -0.954. The molecule has 0 bridgehead atoms. The van der Waals surface area contributed by atoms with Crippen LogP contribution in [0.3, 0.4) is 0 Å². The topological polar surface area (TPSA) is 92.4 Å². The van der Waals surface area contributed by atoms with Crippen LogP contribution in [-0.4, -0.2) is 30.1 Å². The molecule has 0 aliphatic rings. The Morgan fingerprint density at radius 3 is 2.53 bits per heavy atom. The summed E-state index contributed by atoms with van der Waals surface area (Å²) in [6, 6.07) is 6.78. The number of nitrogens with one attached hydrogen (secondary N) is 1. The number of carboxylic acids is 1. The number of nitrogens with two attached hydrogens (primary N) is 1. The van der Waals surface area contributed by atoms with Crippen LogP contribution in [0.25, 0.3) is 0 Å². The van der Waals surface area contributed by atoms with Crippen molar-refractivity contribution in [2.45, 2.75) is 20.3 Å². The smallest absolute Gasteiger partial charge is 0.335 e. The molecule has 5 heteroatoms. The maximum Gasteiger partial charge on any atom is 0.335 e. The second-order valence-corrected chi connectivity index (χ2v) is 5.06. The summed E-state index contributed by atoms with van der Waals surface area (Å²) in [5.41, 5.74) is 5.89. The van der Waals surface area contributed by atoms with Crippen LogP contribution in [0.5, 0.6) is 0 Å². The van der Waals surface area contributed by atoms with Gasteiger partial charge in [0.15, 0.2) is 0 Å². The third-order valence-electron chi connectivity index (χ3n) is 3.05. The zero-order valence-electron chi connectivity index (χ0n) is 11.3. The van der Waals surface area contributed by atoms with Crippen LogP contribution in [0.2, 0.25) is 0 Å². The molecule has 1 aromatic rings. The first kappa shape index (κ1) is 15.2. The Labute approximate surface area is 112 Å². The van der Waals surface area contributed by atoms with Gasteiger partial charge in [-0.2, -0.15) is 0 Å². The van der Waals surface area contributed by atoms with Crippen LogP contribution in [0.1, 0.15) is 29.8 Å². The molecular weight excluding hydrogens is 244 g/mol. The van der Waals surface area contributed by atoms with Crippen molar-refractivity contribution in [3.05, 3.63) is 35.4 Å². The third kappa shape index (κ3) is 4.06. The molecule has 0 fully saturated rings. The maximum atomic E-state index is 11.8. The van der Waals surface area contributed by atoms with E-state index in [1.165, 1.54) is 0 Å². The molecule has 4 N–H and O–H groups in total. The van der Waals surface area contributed by atoms with Gasteiger partial charge in [-0.25, -0.2) is 4.79 Å². The number of carboxylic acid groups (broad SMARTS) is 1. The van der Waals surface area contributed by atoms with Gasteiger partial charge in [0.25, 0.3) is 0 Å². The molecule has 5 nitrogen and oxygen atoms in total. The molecule has 0 aliphatic heterocycles. The van der Waals surface area contributed by atoms with Crippen molar-refractivity contribution in [3.8, 4) is 0 Å². The normalized spacial score (nSPS) is 11.1. The highest BCUT2D eigenvalue weighted by molar-refractivity contribution is 5.89. The Bertz CT molecular complexity index is 470. The Morgan fingerprint density at radius 2 is 1.95 bits per heavy atom. The summed E-state index contributed by atoms with van der Waals surface area (Å²) >= 11 is 0. The van der Waals surface area contributed by atoms with Crippen molar-refractivity contribution >= 4 is 11.9 Å². The zero-order chi connectivity index (χ0) is 14.5. The van der Waals surface area contributed by atoms with E-state index in [2.05, 4.69) is 5.32 Å². The van der Waals surface area contributed by atoms with Crippen LogP contribution in [-0.2, 0) is 11.2 Å². The first-order valence-corrected chi connectivity index (χ1v) is 6.18. The monoisotopic (exact) mass is 264 g/mol. The lowest BCUT2D eigenvalue weighted by Gasteiger charge is -2.21. The van der Waals surface area contributed by atoms with Gasteiger partial charge in [-0.05, 0) is 31.9 Å². The molecule has 0 spiro atoms. The molecule has 0 atom stereocenters. The molecule has 104 valence electrons. The highest BCUT2D eigenvalue weighted by atomic mass is 16.4. The fourth-order valence-electron chi connectivity index (χ4n) is 1.59. The number of benzene rings is 1. The van der Waals surface area contributed by atoms with Gasteiger partial charge in [-0.1, -0.05) is 18.2 Å². The number of aromatic carboxylic acids is 1. The van der Waals surface area contributed by atoms with Crippen LogP contribution < -0.4 is 11.1 Å². The number of carbonyl (C=O) groups is 2. The van der Waals surface area contributed by atoms with Crippen molar-refractivity contribution in [1.29, 1.82) is 0 Å². The van der Waals surface area contributed by atoms with Gasteiger partial charge in [-0.3, -0.25) is 4.79 Å². The summed E-state index contributed by atoms with van der Waals surface area (Å²) in [7, 11) is 0. The lowest BCUT2D eigenvalue weighted by atomic mass is 9.92. The molecule has 0 aromatic heterocycles. The van der Waals surface area contributed by atoms with E-state index in [9.17, 15) is 9.59 Å². The molecule has 1 amide bonds. The van der Waals surface area contributed by atoms with Gasteiger partial charge in [0, 0.05) is 13.1 Å². The highest BCUT2D eigenvalue weighted by Crippen LogP contribution is 2.13. The Kier molecular flexibility index (Phi) is 5.06. The molecule has 0 radical (unpaired) electrons. The molecule has 0 heterocycles. The second kappa shape index (κ2) is 6.33. The average molecular weight is 264 g/mol. The number of amides is 1. The first-order valence-electron chi connectivity index (χ1n) is 6.18. The number of carbonyl (C=O) groups excluding carboxylic acids is 1. The standard InChI is InChI=1S/C14H20N2O3/c1-14(2,9-15)13(19)16-8-7-10-5-3-4-6-11(10)12(17)18/h3-6H,7-9,15H2,1-2H3,(H,16,19)(H,17,18). The maximum absolute atomic E-state index is 11.8. The van der Waals surface area contributed by atoms with E-state index in [4.69, 9.17) is 10.8 Å². The minimum absolute atomic E-state index is 0.122. The van der Waals surface area contributed by atoms with Gasteiger partial charge < -0.3 is 16.2 Å². The summed E-state index contributed by atoms with van der Waals surface area (Å²) < 4.78 is 0. The van der Waals surface area contributed by atoms with E-state index in [0.717, 1.165) is 0 Å². The highest BCUT2D eigenvalue weighted by Gasteiger charge is 2.25. The van der Waals surface area contributed by atoms with Crippen LogP contribution in [0.4, 0.5) is 0 Å². The zero-order valence-corrected chi connectivity index (χ0v) is 11.3. The predicted octanol–water partition coefficient (Wildman–Crippen LogP) is 1.03. The number of hydrogen-bond acceptors (Lipinski definition) is 3. The van der Waals surface area contributed by atoms with E-state index in [1.54, 1.807) is 38.1 Å². The predicted molar refractivity (Wildman–Crippen MR) is 73.0 cm³/mol. The molecule has 0 unspecified atom stereocenters. The first-order chi connectivity index (χ1) is 8.88. The van der Waals surface area contributed by atoms with Crippen molar-refractivity contribution in [1.82, 2.24) is 5.32 Å². The van der Waals surface area contributed by atoms with Crippen LogP contribution in [0, 0.1) is 5.41 Å². The summed E-state index contributed by atoms with van der Waals surface area (Å²) in [6.45, 7) is 4.21. The molecular formula is C14H20N2O3. The van der Waals surface area contributed by atoms with Crippen LogP contribution in [0.15, 0.2) is 24.3 Å². The Morgan fingerprint density at radius 1 is 1.32 bits per heavy atom. The van der Waals surface area contributed by atoms with E-state index < -0.39 is 11.4 Å². The van der Waals surface area contributed by atoms with Crippen molar-refractivity contribution in [3.63, 3.8) is 0 Å². The summed E-state index contributed by atoms with van der Waals surface area (Å²) in [6.07, 6.45) is 0.481. The fourth-order valence-corrected chi connectivity index (χ4v) is 1.59. The van der Waals surface area contributed by atoms with Gasteiger partial charge in [0.1, 0.15) is 0 Å². The molecule has 0 saturated heterocycles. The van der Waals surface area contributed by atoms with Gasteiger partial charge in [0.05, 0.1) is 11.0 Å². The van der Waals surface area contributed by atoms with E-state index in [-0.39, 0.29) is 18.0 Å². The quantitative estimate of drug-likeness (QED) is 0.715. The molecule has 0 saturated carbocycles. The Balaban J connectivity index is 2.59. The fraction of sp³-hybridized carbons (Fsp3) is 0.429.